The lowest BCUT2D eigenvalue weighted by Gasteiger charge is -2.26. The van der Waals surface area contributed by atoms with Gasteiger partial charge in [0.05, 0.1) is 34.4 Å². The van der Waals surface area contributed by atoms with Gasteiger partial charge in [0, 0.05) is 24.2 Å². The van der Waals surface area contributed by atoms with Crippen molar-refractivity contribution in [3.05, 3.63) is 52.0 Å². The Balaban J connectivity index is 1.48. The maximum absolute atomic E-state index is 12.9. The van der Waals surface area contributed by atoms with Crippen molar-refractivity contribution in [3.8, 4) is 10.6 Å². The van der Waals surface area contributed by atoms with Crippen LogP contribution in [-0.2, 0) is 14.8 Å². The number of ether oxygens (including phenoxy) is 1. The monoisotopic (exact) mass is 516 g/mol. The number of aromatic nitrogens is 1. The molecule has 1 aromatic carbocycles. The molecule has 0 radical (unpaired) electrons. The summed E-state index contributed by atoms with van der Waals surface area (Å²) in [5.41, 5.74) is 2.95. The molecule has 3 heterocycles. The van der Waals surface area contributed by atoms with Crippen molar-refractivity contribution >= 4 is 44.1 Å². The van der Waals surface area contributed by atoms with Crippen molar-refractivity contribution in [2.45, 2.75) is 37.5 Å². The first-order chi connectivity index (χ1) is 16.5. The average Bonchev–Trinajstić information content (AvgIpc) is 3.52. The van der Waals surface area contributed by atoms with E-state index in [4.69, 9.17) is 14.8 Å². The zero-order valence-corrected chi connectivity index (χ0v) is 21.5. The smallest absolute Gasteiger partial charge is 0.243 e. The number of benzene rings is 1. The number of thiazole rings is 1. The number of sulfonamides is 1. The Labute approximate surface area is 208 Å². The summed E-state index contributed by atoms with van der Waals surface area (Å²) in [6, 6.07) is 10.9. The van der Waals surface area contributed by atoms with Crippen molar-refractivity contribution in [1.29, 1.82) is 0 Å². The minimum absolute atomic E-state index is 0.281. The number of rotatable bonds is 5. The first-order valence-corrected chi connectivity index (χ1v) is 14.7. The zero-order chi connectivity index (χ0) is 23.5. The van der Waals surface area contributed by atoms with Gasteiger partial charge in [0.25, 0.3) is 0 Å². The molecule has 2 fully saturated rings. The van der Waals surface area contributed by atoms with Crippen LogP contribution in [0.3, 0.4) is 0 Å². The van der Waals surface area contributed by atoms with E-state index in [1.165, 1.54) is 22.9 Å². The van der Waals surface area contributed by atoms with E-state index in [0.717, 1.165) is 34.1 Å². The lowest BCUT2D eigenvalue weighted by Crippen LogP contribution is -2.40. The van der Waals surface area contributed by atoms with E-state index in [1.807, 2.05) is 10.7 Å². The van der Waals surface area contributed by atoms with Gasteiger partial charge in [-0.25, -0.2) is 18.1 Å². The van der Waals surface area contributed by atoms with Gasteiger partial charge in [-0.1, -0.05) is 13.0 Å². The molecular weight excluding hydrogens is 488 g/mol. The highest BCUT2D eigenvalue weighted by molar-refractivity contribution is 7.89. The first kappa shape index (κ1) is 23.6. The zero-order valence-electron chi connectivity index (χ0n) is 19.1. The second kappa shape index (κ2) is 10.2. The van der Waals surface area contributed by atoms with Gasteiger partial charge in [-0.15, -0.1) is 22.7 Å². The molecule has 2 aliphatic rings. The highest BCUT2D eigenvalue weighted by atomic mass is 32.2. The molecule has 1 saturated carbocycles. The van der Waals surface area contributed by atoms with Crippen LogP contribution in [-0.4, -0.2) is 49.4 Å². The minimum Gasteiger partial charge on any atom is -0.379 e. The molecule has 5 rings (SSSR count). The Kier molecular flexibility index (Phi) is 7.12. The van der Waals surface area contributed by atoms with Crippen LogP contribution in [0.15, 0.2) is 62.1 Å². The molecule has 0 amide bonds. The Morgan fingerprint density at radius 3 is 2.44 bits per heavy atom. The van der Waals surface area contributed by atoms with Gasteiger partial charge < -0.3 is 4.74 Å². The molecule has 7 nitrogen and oxygen atoms in total. The topological polar surface area (TPSA) is 76.3 Å². The molecule has 0 bridgehead atoms. The van der Waals surface area contributed by atoms with Gasteiger partial charge in [-0.3, -0.25) is 0 Å². The summed E-state index contributed by atoms with van der Waals surface area (Å²) in [6.45, 7) is 3.93. The molecule has 180 valence electrons. The normalized spacial score (nSPS) is 20.6. The third-order valence-electron chi connectivity index (χ3n) is 6.22. The lowest BCUT2D eigenvalue weighted by molar-refractivity contribution is 0.0730. The van der Waals surface area contributed by atoms with Gasteiger partial charge in [0.15, 0.2) is 0 Å². The quantitative estimate of drug-likeness (QED) is 0.482. The molecule has 1 saturated heterocycles. The average molecular weight is 517 g/mol. The molecule has 0 spiro atoms. The number of hydrogen-bond donors (Lipinski definition) is 0. The van der Waals surface area contributed by atoms with Crippen LogP contribution < -0.4 is 4.80 Å². The van der Waals surface area contributed by atoms with E-state index in [1.54, 1.807) is 46.9 Å². The second-order valence-electron chi connectivity index (χ2n) is 8.66. The van der Waals surface area contributed by atoms with Crippen LogP contribution in [0, 0.1) is 5.92 Å². The van der Waals surface area contributed by atoms with Gasteiger partial charge in [-0.05, 0) is 67.3 Å². The summed E-state index contributed by atoms with van der Waals surface area (Å²) in [4.78, 5) is 7.05. The summed E-state index contributed by atoms with van der Waals surface area (Å²) < 4.78 is 34.5. The molecule has 10 heteroatoms. The maximum atomic E-state index is 12.9. The fourth-order valence-electron chi connectivity index (χ4n) is 4.14. The van der Waals surface area contributed by atoms with E-state index in [-0.39, 0.29) is 4.90 Å². The Morgan fingerprint density at radius 1 is 1.03 bits per heavy atom. The van der Waals surface area contributed by atoms with E-state index >= 15 is 0 Å². The third-order valence-corrected chi connectivity index (χ3v) is 9.84. The van der Waals surface area contributed by atoms with E-state index in [9.17, 15) is 8.42 Å². The lowest BCUT2D eigenvalue weighted by atomic mass is 9.90. The molecule has 34 heavy (non-hydrogen) atoms. The van der Waals surface area contributed by atoms with Crippen LogP contribution in [0.25, 0.3) is 10.6 Å². The molecule has 0 N–H and O–H groups in total. The van der Waals surface area contributed by atoms with Crippen molar-refractivity contribution < 1.29 is 13.2 Å². The van der Waals surface area contributed by atoms with Crippen LogP contribution in [0.5, 0.6) is 0 Å². The van der Waals surface area contributed by atoms with Crippen molar-refractivity contribution in [2.75, 3.05) is 26.3 Å². The largest absolute Gasteiger partial charge is 0.379 e. The molecular formula is C24H28N4O3S3. The summed E-state index contributed by atoms with van der Waals surface area (Å²) in [7, 11) is -3.52. The van der Waals surface area contributed by atoms with Gasteiger partial charge in [0.2, 0.25) is 14.8 Å². The highest BCUT2D eigenvalue weighted by Gasteiger charge is 2.26. The number of nitrogens with zero attached hydrogens (tertiary/aromatic N) is 4. The SMILES string of the molecule is CC1CCC(=Nn2c(-c3cccs3)csc2=Nc2ccc(S(=O)(=O)N3CCOCC3)cc2)CC1. The van der Waals surface area contributed by atoms with Gasteiger partial charge in [0.1, 0.15) is 0 Å². The first-order valence-electron chi connectivity index (χ1n) is 11.5. The van der Waals surface area contributed by atoms with E-state index < -0.39 is 10.0 Å². The third kappa shape index (κ3) is 5.11. The fraction of sp³-hybridized carbons (Fsp3) is 0.417. The summed E-state index contributed by atoms with van der Waals surface area (Å²) >= 11 is 3.23. The number of morpholine rings is 1. The number of thiophene rings is 1. The summed E-state index contributed by atoms with van der Waals surface area (Å²) in [5.74, 6) is 0.750. The van der Waals surface area contributed by atoms with E-state index in [0.29, 0.717) is 32.0 Å². The maximum Gasteiger partial charge on any atom is 0.243 e. The summed E-state index contributed by atoms with van der Waals surface area (Å²) in [5, 5.41) is 9.19. The van der Waals surface area contributed by atoms with Crippen LogP contribution in [0.2, 0.25) is 0 Å². The van der Waals surface area contributed by atoms with Crippen LogP contribution in [0.4, 0.5) is 5.69 Å². The van der Waals surface area contributed by atoms with Crippen LogP contribution in [0.1, 0.15) is 32.6 Å². The molecule has 1 aliphatic carbocycles. The number of hydrogen-bond acceptors (Lipinski definition) is 7. The predicted molar refractivity (Wildman–Crippen MR) is 137 cm³/mol. The standard InChI is InChI=1S/C24H28N4O3S3/c1-18-4-6-20(7-5-18)26-28-22(23-3-2-16-32-23)17-33-24(28)25-19-8-10-21(11-9-19)34(29,30)27-12-14-31-15-13-27/h2-3,8-11,16-18H,4-7,12-15H2,1H3. The van der Waals surface area contributed by atoms with Gasteiger partial charge in [-0.2, -0.15) is 9.41 Å². The van der Waals surface area contributed by atoms with Crippen molar-refractivity contribution in [3.63, 3.8) is 0 Å². The molecule has 3 aromatic rings. The minimum atomic E-state index is -3.52. The molecule has 2 aromatic heterocycles. The molecule has 0 unspecified atom stereocenters. The molecule has 0 atom stereocenters. The van der Waals surface area contributed by atoms with Crippen molar-refractivity contribution in [2.24, 2.45) is 16.0 Å². The Hall–Kier alpha value is -2.11. The van der Waals surface area contributed by atoms with Crippen molar-refractivity contribution in [1.82, 2.24) is 8.98 Å². The second-order valence-corrected chi connectivity index (χ2v) is 12.4. The van der Waals surface area contributed by atoms with E-state index in [2.05, 4.69) is 23.8 Å². The Bertz CT molecular complexity index is 1310. The summed E-state index contributed by atoms with van der Waals surface area (Å²) in [6.07, 6.45) is 4.37. The highest BCUT2D eigenvalue weighted by Crippen LogP contribution is 2.27. The van der Waals surface area contributed by atoms with Gasteiger partial charge >= 0.3 is 0 Å². The van der Waals surface area contributed by atoms with Crippen LogP contribution >= 0.6 is 22.7 Å². The molecule has 1 aliphatic heterocycles. The predicted octanol–water partition coefficient (Wildman–Crippen LogP) is 4.95. The Morgan fingerprint density at radius 2 is 1.76 bits per heavy atom. The fourth-order valence-corrected chi connectivity index (χ4v) is 7.19.